The summed E-state index contributed by atoms with van der Waals surface area (Å²) in [4.78, 5) is 15.0. The molecule has 1 aromatic carbocycles. The smallest absolute Gasteiger partial charge is 0.220 e. The zero-order valence-corrected chi connectivity index (χ0v) is 19.9. The molecule has 1 N–H and O–H groups in total. The van der Waals surface area contributed by atoms with Crippen molar-refractivity contribution in [2.75, 3.05) is 13.1 Å². The van der Waals surface area contributed by atoms with Crippen LogP contribution in [0.3, 0.4) is 0 Å². The number of nitrogens with zero attached hydrogens (tertiary/aromatic N) is 3. The molecule has 5 heteroatoms. The zero-order chi connectivity index (χ0) is 22.2. The number of benzene rings is 1. The number of likely N-dealkylation sites (tertiary alicyclic amines) is 1. The van der Waals surface area contributed by atoms with Gasteiger partial charge in [-0.2, -0.15) is 5.10 Å². The van der Waals surface area contributed by atoms with Crippen LogP contribution in [0.4, 0.5) is 0 Å². The van der Waals surface area contributed by atoms with Gasteiger partial charge in [0, 0.05) is 31.7 Å². The van der Waals surface area contributed by atoms with Gasteiger partial charge in [0.1, 0.15) is 0 Å². The minimum atomic E-state index is 0.101. The summed E-state index contributed by atoms with van der Waals surface area (Å²) in [5.41, 5.74) is 5.98. The molecule has 1 aliphatic rings. The largest absolute Gasteiger partial charge is 0.352 e. The number of aromatic nitrogens is 2. The van der Waals surface area contributed by atoms with Crippen molar-refractivity contribution in [2.24, 2.45) is 5.92 Å². The average molecular weight is 425 g/mol. The summed E-state index contributed by atoms with van der Waals surface area (Å²) in [6.45, 7) is 13.5. The van der Waals surface area contributed by atoms with Gasteiger partial charge in [0.2, 0.25) is 5.91 Å². The van der Waals surface area contributed by atoms with Crippen LogP contribution in [0.15, 0.2) is 24.3 Å². The highest BCUT2D eigenvalue weighted by Gasteiger charge is 2.14. The number of hydrogen-bond donors (Lipinski definition) is 1. The highest BCUT2D eigenvalue weighted by molar-refractivity contribution is 5.76. The Hall–Kier alpha value is -2.14. The molecule has 0 spiro atoms. The van der Waals surface area contributed by atoms with Crippen LogP contribution in [0.2, 0.25) is 0 Å². The van der Waals surface area contributed by atoms with Crippen molar-refractivity contribution < 1.29 is 4.79 Å². The van der Waals surface area contributed by atoms with Crippen molar-refractivity contribution in [3.63, 3.8) is 0 Å². The molecule has 170 valence electrons. The molecule has 0 aliphatic carbocycles. The highest BCUT2D eigenvalue weighted by atomic mass is 16.1. The van der Waals surface area contributed by atoms with Gasteiger partial charge < -0.3 is 5.32 Å². The summed E-state index contributed by atoms with van der Waals surface area (Å²) in [6, 6.07) is 8.72. The molecule has 0 bridgehead atoms. The van der Waals surface area contributed by atoms with E-state index in [4.69, 9.17) is 0 Å². The lowest BCUT2D eigenvalue weighted by Gasteiger charge is -2.19. The molecule has 0 unspecified atom stereocenters. The third-order valence-corrected chi connectivity index (χ3v) is 6.29. The van der Waals surface area contributed by atoms with Crippen molar-refractivity contribution >= 4 is 5.91 Å². The summed E-state index contributed by atoms with van der Waals surface area (Å²) < 4.78 is 2.08. The van der Waals surface area contributed by atoms with E-state index in [0.29, 0.717) is 18.9 Å². The van der Waals surface area contributed by atoms with E-state index in [1.165, 1.54) is 55.6 Å². The number of rotatable bonds is 9. The van der Waals surface area contributed by atoms with Crippen molar-refractivity contribution in [3.05, 3.63) is 52.3 Å². The molecule has 1 aliphatic heterocycles. The molecule has 1 fully saturated rings. The Morgan fingerprint density at radius 1 is 1.03 bits per heavy atom. The van der Waals surface area contributed by atoms with E-state index in [2.05, 4.69) is 65.0 Å². The Morgan fingerprint density at radius 3 is 2.32 bits per heavy atom. The lowest BCUT2D eigenvalue weighted by atomic mass is 10.1. The van der Waals surface area contributed by atoms with Crippen molar-refractivity contribution in [3.8, 4) is 0 Å². The second kappa shape index (κ2) is 11.5. The summed E-state index contributed by atoms with van der Waals surface area (Å²) in [5, 5.41) is 7.74. The molecular weight excluding hydrogens is 384 g/mol. The van der Waals surface area contributed by atoms with Crippen LogP contribution in [-0.2, 0) is 30.8 Å². The first-order valence-electron chi connectivity index (χ1n) is 12.0. The van der Waals surface area contributed by atoms with Crippen LogP contribution < -0.4 is 5.32 Å². The van der Waals surface area contributed by atoms with E-state index < -0.39 is 0 Å². The second-order valence-corrected chi connectivity index (χ2v) is 9.51. The Labute approximate surface area is 188 Å². The minimum Gasteiger partial charge on any atom is -0.352 e. The summed E-state index contributed by atoms with van der Waals surface area (Å²) in [6.07, 6.45) is 6.63. The molecular formula is C26H40N4O. The van der Waals surface area contributed by atoms with Crippen LogP contribution in [-0.4, -0.2) is 33.7 Å². The van der Waals surface area contributed by atoms with Gasteiger partial charge in [0.05, 0.1) is 5.69 Å². The summed E-state index contributed by atoms with van der Waals surface area (Å²) in [5.74, 6) is 0.661. The van der Waals surface area contributed by atoms with E-state index in [-0.39, 0.29) is 5.91 Å². The third kappa shape index (κ3) is 7.20. The molecule has 0 radical (unpaired) electrons. The number of carbonyl (C=O) groups is 1. The highest BCUT2D eigenvalue weighted by Crippen LogP contribution is 2.17. The van der Waals surface area contributed by atoms with Crippen molar-refractivity contribution in [2.45, 2.75) is 85.9 Å². The van der Waals surface area contributed by atoms with Gasteiger partial charge in [0.15, 0.2) is 0 Å². The number of hydrogen-bond acceptors (Lipinski definition) is 3. The van der Waals surface area contributed by atoms with Gasteiger partial charge in [-0.3, -0.25) is 14.4 Å². The lowest BCUT2D eigenvalue weighted by molar-refractivity contribution is -0.121. The molecule has 31 heavy (non-hydrogen) atoms. The molecule has 0 saturated carbocycles. The molecule has 1 amide bonds. The minimum absolute atomic E-state index is 0.101. The van der Waals surface area contributed by atoms with Gasteiger partial charge in [-0.25, -0.2) is 0 Å². The quantitative estimate of drug-likeness (QED) is 0.630. The number of amides is 1. The second-order valence-electron chi connectivity index (χ2n) is 9.51. The molecule has 3 rings (SSSR count). The van der Waals surface area contributed by atoms with Gasteiger partial charge >= 0.3 is 0 Å². The molecule has 1 saturated heterocycles. The Kier molecular flexibility index (Phi) is 8.70. The van der Waals surface area contributed by atoms with E-state index in [0.717, 1.165) is 30.8 Å². The average Bonchev–Trinajstić information content (AvgIpc) is 2.91. The van der Waals surface area contributed by atoms with Gasteiger partial charge in [0.25, 0.3) is 0 Å². The van der Waals surface area contributed by atoms with Crippen molar-refractivity contribution in [1.29, 1.82) is 0 Å². The monoisotopic (exact) mass is 424 g/mol. The standard InChI is InChI=1S/C26H40N4O/c1-20(2)18-30-22(4)25(21(3)28-30)13-14-26(31)27-17-23-9-11-24(12-10-23)19-29-15-7-5-6-8-16-29/h9-12,20H,5-8,13-19H2,1-4H3,(H,27,31). The topological polar surface area (TPSA) is 50.2 Å². The number of aryl methyl sites for hydroxylation is 1. The number of nitrogens with one attached hydrogen (secondary N) is 1. The fourth-order valence-corrected chi connectivity index (χ4v) is 4.46. The normalized spacial score (nSPS) is 15.3. The first-order chi connectivity index (χ1) is 14.9. The van der Waals surface area contributed by atoms with Crippen LogP contribution in [0.5, 0.6) is 0 Å². The van der Waals surface area contributed by atoms with Gasteiger partial charge in [-0.15, -0.1) is 0 Å². The maximum Gasteiger partial charge on any atom is 0.220 e. The predicted molar refractivity (Wildman–Crippen MR) is 127 cm³/mol. The van der Waals surface area contributed by atoms with Crippen molar-refractivity contribution in [1.82, 2.24) is 20.0 Å². The molecule has 0 atom stereocenters. The first kappa shape index (κ1) is 23.5. The van der Waals surface area contributed by atoms with E-state index >= 15 is 0 Å². The van der Waals surface area contributed by atoms with Crippen LogP contribution in [0.25, 0.3) is 0 Å². The van der Waals surface area contributed by atoms with E-state index in [1.807, 2.05) is 6.92 Å². The first-order valence-corrected chi connectivity index (χ1v) is 12.0. The Bertz CT molecular complexity index is 830. The molecule has 2 heterocycles. The molecule has 5 nitrogen and oxygen atoms in total. The third-order valence-electron chi connectivity index (χ3n) is 6.29. The number of carbonyl (C=O) groups excluding carboxylic acids is 1. The molecule has 1 aromatic heterocycles. The Balaban J connectivity index is 1.44. The van der Waals surface area contributed by atoms with Gasteiger partial charge in [-0.05, 0) is 68.8 Å². The van der Waals surface area contributed by atoms with Crippen LogP contribution in [0.1, 0.15) is 74.0 Å². The maximum absolute atomic E-state index is 12.4. The zero-order valence-electron chi connectivity index (χ0n) is 19.9. The summed E-state index contributed by atoms with van der Waals surface area (Å²) in [7, 11) is 0. The van der Waals surface area contributed by atoms with Crippen LogP contribution in [0, 0.1) is 19.8 Å². The van der Waals surface area contributed by atoms with E-state index in [9.17, 15) is 4.79 Å². The SMILES string of the molecule is Cc1nn(CC(C)C)c(C)c1CCC(=O)NCc1ccc(CN2CCCCCC2)cc1. The lowest BCUT2D eigenvalue weighted by Crippen LogP contribution is -2.24. The predicted octanol–water partition coefficient (Wildman–Crippen LogP) is 4.78. The fraction of sp³-hybridized carbons (Fsp3) is 0.615. The fourth-order valence-electron chi connectivity index (χ4n) is 4.46. The van der Waals surface area contributed by atoms with E-state index in [1.54, 1.807) is 0 Å². The maximum atomic E-state index is 12.4. The summed E-state index contributed by atoms with van der Waals surface area (Å²) >= 11 is 0. The van der Waals surface area contributed by atoms with Crippen LogP contribution >= 0.6 is 0 Å². The van der Waals surface area contributed by atoms with Gasteiger partial charge in [-0.1, -0.05) is 51.0 Å². The molecule has 2 aromatic rings. The Morgan fingerprint density at radius 2 is 1.68 bits per heavy atom.